The average Bonchev–Trinajstić information content (AvgIpc) is 2.91. The molecule has 2 heterocycles. The van der Waals surface area contributed by atoms with Crippen LogP contribution < -0.4 is 5.32 Å². The van der Waals surface area contributed by atoms with E-state index in [1.54, 1.807) is 31.3 Å². The van der Waals surface area contributed by atoms with Gasteiger partial charge in [0.05, 0.1) is 16.9 Å². The number of aromatic nitrogens is 3. The Hall–Kier alpha value is -2.35. The summed E-state index contributed by atoms with van der Waals surface area (Å²) in [7, 11) is 0. The molecule has 3 aromatic rings. The van der Waals surface area contributed by atoms with Crippen LogP contribution in [0.1, 0.15) is 17.8 Å². The predicted octanol–water partition coefficient (Wildman–Crippen LogP) is 4.08. The van der Waals surface area contributed by atoms with E-state index in [0.29, 0.717) is 16.9 Å². The summed E-state index contributed by atoms with van der Waals surface area (Å²) in [4.78, 5) is 16.5. The molecule has 0 aliphatic carbocycles. The number of alkyl halides is 2. The minimum absolute atomic E-state index is 0.276. The van der Waals surface area contributed by atoms with E-state index in [4.69, 9.17) is 0 Å². The molecule has 2 aromatic heterocycles. The Balaban J connectivity index is 1.85. The molecule has 3 rings (SSSR count). The van der Waals surface area contributed by atoms with Gasteiger partial charge in [-0.1, -0.05) is 22.0 Å². The number of nitrogens with zero attached hydrogens (tertiary/aromatic N) is 3. The first-order valence-corrected chi connectivity index (χ1v) is 7.90. The summed E-state index contributed by atoms with van der Waals surface area (Å²) < 4.78 is 27.8. The zero-order chi connectivity index (χ0) is 17.3. The number of nitrogens with one attached hydrogen (secondary N) is 1. The minimum atomic E-state index is -2.69. The summed E-state index contributed by atoms with van der Waals surface area (Å²) in [5.74, 6) is -0.450. The van der Waals surface area contributed by atoms with Gasteiger partial charge in [0.25, 0.3) is 6.43 Å². The largest absolute Gasteiger partial charge is 0.323 e. The van der Waals surface area contributed by atoms with E-state index in [-0.39, 0.29) is 12.2 Å². The lowest BCUT2D eigenvalue weighted by molar-refractivity contribution is -0.117. The third-order valence-corrected chi connectivity index (χ3v) is 4.13. The predicted molar refractivity (Wildman–Crippen MR) is 90.0 cm³/mol. The van der Waals surface area contributed by atoms with Crippen molar-refractivity contribution < 1.29 is 13.6 Å². The van der Waals surface area contributed by atoms with Crippen LogP contribution in [-0.4, -0.2) is 20.7 Å². The van der Waals surface area contributed by atoms with Gasteiger partial charge in [-0.25, -0.2) is 8.78 Å². The van der Waals surface area contributed by atoms with Gasteiger partial charge in [0.1, 0.15) is 12.2 Å². The Bertz CT molecular complexity index is 910. The van der Waals surface area contributed by atoms with Crippen LogP contribution in [0, 0.1) is 6.92 Å². The first kappa shape index (κ1) is 16.5. The number of amides is 1. The molecule has 1 aromatic carbocycles. The van der Waals surface area contributed by atoms with Crippen molar-refractivity contribution in [3.8, 4) is 0 Å². The Morgan fingerprint density at radius 3 is 2.92 bits per heavy atom. The van der Waals surface area contributed by atoms with Crippen molar-refractivity contribution in [1.82, 2.24) is 14.8 Å². The van der Waals surface area contributed by atoms with Gasteiger partial charge in [-0.2, -0.15) is 5.10 Å². The molecule has 0 atom stereocenters. The molecule has 0 aliphatic rings. The molecule has 0 spiro atoms. The lowest BCUT2D eigenvalue weighted by Gasteiger charge is -2.10. The topological polar surface area (TPSA) is 59.8 Å². The number of hydrogen-bond acceptors (Lipinski definition) is 3. The maximum Gasteiger partial charge on any atom is 0.280 e. The third-order valence-electron chi connectivity index (χ3n) is 3.44. The fourth-order valence-electron chi connectivity index (χ4n) is 2.43. The van der Waals surface area contributed by atoms with Crippen LogP contribution in [0.2, 0.25) is 0 Å². The maximum atomic E-state index is 13.0. The second-order valence-electron chi connectivity index (χ2n) is 5.21. The van der Waals surface area contributed by atoms with Crippen molar-refractivity contribution in [3.05, 3.63) is 52.4 Å². The summed E-state index contributed by atoms with van der Waals surface area (Å²) in [6.45, 7) is 1.31. The number of fused-ring (bicyclic) bond motifs is 1. The number of hydrogen-bond donors (Lipinski definition) is 1. The molecule has 0 bridgehead atoms. The van der Waals surface area contributed by atoms with Crippen molar-refractivity contribution in [2.45, 2.75) is 19.9 Å². The van der Waals surface area contributed by atoms with E-state index in [1.165, 1.54) is 6.07 Å². The summed E-state index contributed by atoms with van der Waals surface area (Å²) in [5, 5.41) is 7.50. The highest BCUT2D eigenvalue weighted by molar-refractivity contribution is 9.10. The SMILES string of the molecule is Cc1cc(C(F)F)n(CC(=O)Nc2ccc(Br)c3cccnc23)n1. The highest BCUT2D eigenvalue weighted by atomic mass is 79.9. The zero-order valence-electron chi connectivity index (χ0n) is 12.6. The fourth-order valence-corrected chi connectivity index (χ4v) is 2.88. The molecule has 24 heavy (non-hydrogen) atoms. The molecular formula is C16H13BrF2N4O. The van der Waals surface area contributed by atoms with Gasteiger partial charge in [-0.3, -0.25) is 14.5 Å². The van der Waals surface area contributed by atoms with Crippen LogP contribution in [0.3, 0.4) is 0 Å². The van der Waals surface area contributed by atoms with E-state index < -0.39 is 12.3 Å². The van der Waals surface area contributed by atoms with Gasteiger partial charge >= 0.3 is 0 Å². The van der Waals surface area contributed by atoms with Gasteiger partial charge in [0.15, 0.2) is 0 Å². The molecule has 0 fully saturated rings. The molecule has 0 unspecified atom stereocenters. The van der Waals surface area contributed by atoms with Crippen LogP contribution in [0.5, 0.6) is 0 Å². The van der Waals surface area contributed by atoms with Gasteiger partial charge in [0.2, 0.25) is 5.91 Å². The van der Waals surface area contributed by atoms with Crippen molar-refractivity contribution in [2.75, 3.05) is 5.32 Å². The van der Waals surface area contributed by atoms with Crippen LogP contribution in [0.4, 0.5) is 14.5 Å². The number of anilines is 1. The Labute approximate surface area is 144 Å². The molecule has 0 radical (unpaired) electrons. The molecule has 0 saturated carbocycles. The van der Waals surface area contributed by atoms with E-state index in [9.17, 15) is 13.6 Å². The summed E-state index contributed by atoms with van der Waals surface area (Å²) >= 11 is 3.43. The van der Waals surface area contributed by atoms with Gasteiger partial charge < -0.3 is 5.32 Å². The molecule has 124 valence electrons. The van der Waals surface area contributed by atoms with Gasteiger partial charge in [-0.15, -0.1) is 0 Å². The van der Waals surface area contributed by atoms with Gasteiger partial charge in [-0.05, 0) is 31.2 Å². The molecular weight excluding hydrogens is 382 g/mol. The van der Waals surface area contributed by atoms with E-state index in [0.717, 1.165) is 14.5 Å². The Kier molecular flexibility index (Phi) is 4.57. The lowest BCUT2D eigenvalue weighted by atomic mass is 10.2. The molecule has 5 nitrogen and oxygen atoms in total. The number of halogens is 3. The molecule has 0 aliphatic heterocycles. The molecule has 1 N–H and O–H groups in total. The number of aryl methyl sites for hydroxylation is 1. The second kappa shape index (κ2) is 6.64. The molecule has 0 saturated heterocycles. The quantitative estimate of drug-likeness (QED) is 0.725. The first-order valence-electron chi connectivity index (χ1n) is 7.11. The van der Waals surface area contributed by atoms with Gasteiger partial charge in [0, 0.05) is 16.1 Å². The van der Waals surface area contributed by atoms with Crippen molar-refractivity contribution in [3.63, 3.8) is 0 Å². The maximum absolute atomic E-state index is 13.0. The van der Waals surface area contributed by atoms with E-state index >= 15 is 0 Å². The lowest BCUT2D eigenvalue weighted by Crippen LogP contribution is -2.21. The molecule has 8 heteroatoms. The Morgan fingerprint density at radius 1 is 1.38 bits per heavy atom. The minimum Gasteiger partial charge on any atom is -0.323 e. The standard InChI is InChI=1S/C16H13BrF2N4O/c1-9-7-13(16(18)19)23(22-9)8-14(24)21-12-5-4-11(17)10-3-2-6-20-15(10)12/h2-7,16H,8H2,1H3,(H,21,24). The second-order valence-corrected chi connectivity index (χ2v) is 6.07. The summed E-state index contributed by atoms with van der Waals surface area (Å²) in [6.07, 6.45) is -1.06. The van der Waals surface area contributed by atoms with Crippen LogP contribution >= 0.6 is 15.9 Å². The highest BCUT2D eigenvalue weighted by Crippen LogP contribution is 2.28. The number of carbonyl (C=O) groups excluding carboxylic acids is 1. The van der Waals surface area contributed by atoms with E-state index in [1.807, 2.05) is 6.07 Å². The summed E-state index contributed by atoms with van der Waals surface area (Å²) in [6, 6.07) is 8.43. The van der Waals surface area contributed by atoms with Crippen molar-refractivity contribution in [2.24, 2.45) is 0 Å². The number of carbonyl (C=O) groups is 1. The number of benzene rings is 1. The monoisotopic (exact) mass is 394 g/mol. The third kappa shape index (κ3) is 3.28. The number of pyridine rings is 1. The molecule has 1 amide bonds. The van der Waals surface area contributed by atoms with E-state index in [2.05, 4.69) is 31.3 Å². The zero-order valence-corrected chi connectivity index (χ0v) is 14.2. The van der Waals surface area contributed by atoms with Crippen molar-refractivity contribution in [1.29, 1.82) is 0 Å². The fraction of sp³-hybridized carbons (Fsp3) is 0.188. The smallest absolute Gasteiger partial charge is 0.280 e. The first-order chi connectivity index (χ1) is 11.5. The van der Waals surface area contributed by atoms with Crippen LogP contribution in [0.25, 0.3) is 10.9 Å². The summed E-state index contributed by atoms with van der Waals surface area (Å²) in [5.41, 5.74) is 1.29. The van der Waals surface area contributed by atoms with Crippen molar-refractivity contribution >= 4 is 38.4 Å². The Morgan fingerprint density at radius 2 is 2.17 bits per heavy atom. The van der Waals surface area contributed by atoms with Crippen LogP contribution in [0.15, 0.2) is 41.0 Å². The average molecular weight is 395 g/mol. The van der Waals surface area contributed by atoms with Crippen LogP contribution in [-0.2, 0) is 11.3 Å². The highest BCUT2D eigenvalue weighted by Gasteiger charge is 2.18. The number of rotatable bonds is 4. The normalized spacial score (nSPS) is 11.2.